The SMILES string of the molecule is COc1ccc(Cn2ncc(C=O)c2N)cc1. The fourth-order valence-corrected chi connectivity index (χ4v) is 1.53. The fraction of sp³-hybridized carbons (Fsp3) is 0.167. The number of nitrogens with two attached hydrogens (primary N) is 1. The molecule has 0 radical (unpaired) electrons. The van der Waals surface area contributed by atoms with E-state index in [9.17, 15) is 4.79 Å². The lowest BCUT2D eigenvalue weighted by Gasteiger charge is -2.05. The lowest BCUT2D eigenvalue weighted by atomic mass is 10.2. The predicted octanol–water partition coefficient (Wildman–Crippen LogP) is 1.33. The first-order valence-electron chi connectivity index (χ1n) is 5.14. The molecule has 0 aliphatic carbocycles. The van der Waals surface area contributed by atoms with E-state index < -0.39 is 0 Å². The Morgan fingerprint density at radius 2 is 2.12 bits per heavy atom. The number of hydrogen-bond donors (Lipinski definition) is 1. The van der Waals surface area contributed by atoms with Gasteiger partial charge in [-0.3, -0.25) is 4.79 Å². The van der Waals surface area contributed by atoms with Crippen molar-refractivity contribution in [2.75, 3.05) is 12.8 Å². The Morgan fingerprint density at radius 3 is 2.65 bits per heavy atom. The molecule has 0 aliphatic heterocycles. The van der Waals surface area contributed by atoms with Gasteiger partial charge in [0.25, 0.3) is 0 Å². The van der Waals surface area contributed by atoms with E-state index in [0.717, 1.165) is 11.3 Å². The highest BCUT2D eigenvalue weighted by atomic mass is 16.5. The maximum Gasteiger partial charge on any atom is 0.155 e. The molecule has 1 aromatic heterocycles. The molecule has 17 heavy (non-hydrogen) atoms. The van der Waals surface area contributed by atoms with E-state index in [1.54, 1.807) is 11.8 Å². The van der Waals surface area contributed by atoms with Gasteiger partial charge >= 0.3 is 0 Å². The van der Waals surface area contributed by atoms with Gasteiger partial charge in [-0.15, -0.1) is 0 Å². The molecular formula is C12H13N3O2. The first-order chi connectivity index (χ1) is 8.24. The highest BCUT2D eigenvalue weighted by Gasteiger charge is 2.06. The van der Waals surface area contributed by atoms with Gasteiger partial charge in [0.2, 0.25) is 0 Å². The number of methoxy groups -OCH3 is 1. The second-order valence-corrected chi connectivity index (χ2v) is 3.61. The molecule has 1 heterocycles. The second-order valence-electron chi connectivity index (χ2n) is 3.61. The number of aldehydes is 1. The van der Waals surface area contributed by atoms with Gasteiger partial charge in [0.15, 0.2) is 6.29 Å². The number of rotatable bonds is 4. The summed E-state index contributed by atoms with van der Waals surface area (Å²) in [6.45, 7) is 0.531. The number of aromatic nitrogens is 2. The van der Waals surface area contributed by atoms with Gasteiger partial charge in [0.05, 0.1) is 25.4 Å². The van der Waals surface area contributed by atoms with Crippen molar-refractivity contribution in [3.05, 3.63) is 41.6 Å². The van der Waals surface area contributed by atoms with Gasteiger partial charge in [0, 0.05) is 0 Å². The van der Waals surface area contributed by atoms with Gasteiger partial charge in [-0.05, 0) is 17.7 Å². The molecule has 1 aromatic carbocycles. The Labute approximate surface area is 98.8 Å². The number of hydrogen-bond acceptors (Lipinski definition) is 4. The maximum absolute atomic E-state index is 10.6. The molecule has 2 aromatic rings. The number of anilines is 1. The van der Waals surface area contributed by atoms with Gasteiger partial charge in [0.1, 0.15) is 11.6 Å². The lowest BCUT2D eigenvalue weighted by Crippen LogP contribution is -2.06. The third-order valence-corrected chi connectivity index (χ3v) is 2.53. The third-order valence-electron chi connectivity index (χ3n) is 2.53. The van der Waals surface area contributed by atoms with Crippen molar-refractivity contribution in [2.45, 2.75) is 6.54 Å². The number of carbonyl (C=O) groups excluding carboxylic acids is 1. The molecular weight excluding hydrogens is 218 g/mol. The minimum Gasteiger partial charge on any atom is -0.497 e. The molecule has 5 nitrogen and oxygen atoms in total. The van der Waals surface area contributed by atoms with E-state index in [0.29, 0.717) is 24.2 Å². The van der Waals surface area contributed by atoms with Crippen molar-refractivity contribution >= 4 is 12.1 Å². The molecule has 0 saturated heterocycles. The Morgan fingerprint density at radius 1 is 1.41 bits per heavy atom. The van der Waals surface area contributed by atoms with Crippen molar-refractivity contribution in [1.29, 1.82) is 0 Å². The van der Waals surface area contributed by atoms with Gasteiger partial charge in [-0.2, -0.15) is 5.10 Å². The summed E-state index contributed by atoms with van der Waals surface area (Å²) in [6.07, 6.45) is 2.17. The Hall–Kier alpha value is -2.30. The van der Waals surface area contributed by atoms with Crippen LogP contribution in [-0.4, -0.2) is 23.2 Å². The molecule has 5 heteroatoms. The van der Waals surface area contributed by atoms with E-state index in [1.807, 2.05) is 24.3 Å². The molecule has 0 amide bonds. The van der Waals surface area contributed by atoms with Crippen molar-refractivity contribution < 1.29 is 9.53 Å². The minimum atomic E-state index is 0.385. The molecule has 0 atom stereocenters. The Bertz CT molecular complexity index is 517. The van der Waals surface area contributed by atoms with Crippen molar-refractivity contribution in [1.82, 2.24) is 9.78 Å². The van der Waals surface area contributed by atoms with Gasteiger partial charge in [-0.1, -0.05) is 12.1 Å². The average molecular weight is 231 g/mol. The van der Waals surface area contributed by atoms with E-state index in [-0.39, 0.29) is 0 Å². The monoisotopic (exact) mass is 231 g/mol. The molecule has 0 bridgehead atoms. The quantitative estimate of drug-likeness (QED) is 0.806. The van der Waals surface area contributed by atoms with E-state index in [2.05, 4.69) is 5.10 Å². The van der Waals surface area contributed by atoms with E-state index in [4.69, 9.17) is 10.5 Å². The topological polar surface area (TPSA) is 70.1 Å². The largest absolute Gasteiger partial charge is 0.497 e. The van der Waals surface area contributed by atoms with Crippen LogP contribution in [0, 0.1) is 0 Å². The zero-order valence-corrected chi connectivity index (χ0v) is 9.46. The van der Waals surface area contributed by atoms with Crippen LogP contribution in [-0.2, 0) is 6.54 Å². The lowest BCUT2D eigenvalue weighted by molar-refractivity contribution is 0.112. The van der Waals surface area contributed by atoms with Crippen LogP contribution in [0.4, 0.5) is 5.82 Å². The highest BCUT2D eigenvalue weighted by molar-refractivity contribution is 5.81. The first-order valence-corrected chi connectivity index (χ1v) is 5.14. The number of nitrogens with zero attached hydrogens (tertiary/aromatic N) is 2. The average Bonchev–Trinajstić information content (AvgIpc) is 2.71. The van der Waals surface area contributed by atoms with Crippen LogP contribution in [0.2, 0.25) is 0 Å². The van der Waals surface area contributed by atoms with Crippen LogP contribution in [0.5, 0.6) is 5.75 Å². The van der Waals surface area contributed by atoms with E-state index >= 15 is 0 Å². The predicted molar refractivity (Wildman–Crippen MR) is 64.1 cm³/mol. The second kappa shape index (κ2) is 4.69. The summed E-state index contributed by atoms with van der Waals surface area (Å²) in [5.41, 5.74) is 7.22. The summed E-state index contributed by atoms with van der Waals surface area (Å²) in [4.78, 5) is 10.6. The normalized spacial score (nSPS) is 10.2. The Kier molecular flexibility index (Phi) is 3.09. The molecule has 0 unspecified atom stereocenters. The number of benzene rings is 1. The smallest absolute Gasteiger partial charge is 0.155 e. The summed E-state index contributed by atoms with van der Waals surface area (Å²) in [7, 11) is 1.62. The molecule has 2 N–H and O–H groups in total. The maximum atomic E-state index is 10.6. The fourth-order valence-electron chi connectivity index (χ4n) is 1.53. The van der Waals surface area contributed by atoms with Crippen LogP contribution in [0.1, 0.15) is 15.9 Å². The Balaban J connectivity index is 2.19. The molecule has 0 saturated carbocycles. The molecule has 0 aliphatic rings. The van der Waals surface area contributed by atoms with Crippen LogP contribution in [0.3, 0.4) is 0 Å². The van der Waals surface area contributed by atoms with Crippen molar-refractivity contribution in [2.24, 2.45) is 0 Å². The summed E-state index contributed by atoms with van der Waals surface area (Å²) in [5, 5.41) is 4.05. The van der Waals surface area contributed by atoms with Crippen LogP contribution < -0.4 is 10.5 Å². The highest BCUT2D eigenvalue weighted by Crippen LogP contribution is 2.14. The molecule has 88 valence electrons. The summed E-state index contributed by atoms with van der Waals surface area (Å²) in [6, 6.07) is 7.60. The zero-order valence-electron chi connectivity index (χ0n) is 9.46. The van der Waals surface area contributed by atoms with Crippen LogP contribution in [0.15, 0.2) is 30.5 Å². The first kappa shape index (κ1) is 11.2. The molecule has 2 rings (SSSR count). The zero-order chi connectivity index (χ0) is 12.3. The van der Waals surface area contributed by atoms with Gasteiger partial charge in [-0.25, -0.2) is 4.68 Å². The summed E-state index contributed by atoms with van der Waals surface area (Å²) in [5.74, 6) is 1.19. The minimum absolute atomic E-state index is 0.385. The van der Waals surface area contributed by atoms with Crippen LogP contribution in [0.25, 0.3) is 0 Å². The van der Waals surface area contributed by atoms with E-state index in [1.165, 1.54) is 6.20 Å². The number of ether oxygens (including phenoxy) is 1. The van der Waals surface area contributed by atoms with Gasteiger partial charge < -0.3 is 10.5 Å². The summed E-state index contributed by atoms with van der Waals surface area (Å²) >= 11 is 0. The third kappa shape index (κ3) is 2.28. The van der Waals surface area contributed by atoms with Crippen molar-refractivity contribution in [3.63, 3.8) is 0 Å². The molecule has 0 fully saturated rings. The van der Waals surface area contributed by atoms with Crippen LogP contribution >= 0.6 is 0 Å². The standard InChI is InChI=1S/C12H13N3O2/c1-17-11-4-2-9(3-5-11)7-15-12(13)10(8-16)6-14-15/h2-6,8H,7,13H2,1H3. The van der Waals surface area contributed by atoms with Crippen molar-refractivity contribution in [3.8, 4) is 5.75 Å². The molecule has 0 spiro atoms. The number of carbonyl (C=O) groups is 1. The number of nitrogen functional groups attached to an aromatic ring is 1. The summed E-state index contributed by atoms with van der Waals surface area (Å²) < 4.78 is 6.66.